The van der Waals surface area contributed by atoms with Gasteiger partial charge in [0.15, 0.2) is 11.6 Å². The molecular formula is C34H43N7. The van der Waals surface area contributed by atoms with Crippen molar-refractivity contribution in [2.75, 3.05) is 31.1 Å². The number of aromatic nitrogens is 4. The maximum Gasteiger partial charge on any atom is 0.156 e. The molecule has 2 N–H and O–H groups in total. The largest absolute Gasteiger partial charge is 0.355 e. The predicted molar refractivity (Wildman–Crippen MR) is 172 cm³/mol. The molecule has 4 aromatic rings. The van der Waals surface area contributed by atoms with Crippen LogP contribution in [-0.2, 0) is 0 Å². The maximum atomic E-state index is 5.04. The van der Waals surface area contributed by atoms with Gasteiger partial charge in [0.1, 0.15) is 11.3 Å². The monoisotopic (exact) mass is 549 g/mol. The van der Waals surface area contributed by atoms with Crippen molar-refractivity contribution in [1.29, 1.82) is 0 Å². The minimum absolute atomic E-state index is 0.823. The minimum atomic E-state index is 0.823. The molecule has 0 spiro atoms. The molecule has 0 radical (unpaired) electrons. The number of nitrogens with one attached hydrogen (secondary N) is 2. The third kappa shape index (κ3) is 5.67. The molecule has 2 aliphatic rings. The first-order valence-electron chi connectivity index (χ1n) is 15.3. The van der Waals surface area contributed by atoms with E-state index in [0.29, 0.717) is 0 Å². The van der Waals surface area contributed by atoms with Crippen LogP contribution in [0.15, 0.2) is 41.4 Å². The Kier molecular flexibility index (Phi) is 7.69. The van der Waals surface area contributed by atoms with Gasteiger partial charge in [-0.2, -0.15) is 0 Å². The number of rotatable bonds is 5. The van der Waals surface area contributed by atoms with Gasteiger partial charge in [0, 0.05) is 48.5 Å². The molecule has 7 heteroatoms. The highest BCUT2D eigenvalue weighted by Crippen LogP contribution is 2.31. The summed E-state index contributed by atoms with van der Waals surface area (Å²) in [5.74, 6) is 2.94. The number of aromatic amines is 2. The SMILES string of the molecule is CC(C)=N/C(=c1/[nH]c(-c2ccc(-c3cc4nc(C)nc(N5CCCCC5)c4[nH]3)cc2)cc1=C(C)C)N1CCCCC1. The lowest BCUT2D eigenvalue weighted by Crippen LogP contribution is -2.37. The van der Waals surface area contributed by atoms with Gasteiger partial charge in [-0.05, 0) is 96.4 Å². The van der Waals surface area contributed by atoms with Gasteiger partial charge in [-0.3, -0.25) is 0 Å². The number of piperidine rings is 2. The average molecular weight is 550 g/mol. The minimum Gasteiger partial charge on any atom is -0.355 e. The molecule has 2 saturated heterocycles. The van der Waals surface area contributed by atoms with E-state index in [1.165, 1.54) is 54.9 Å². The summed E-state index contributed by atoms with van der Waals surface area (Å²) in [7, 11) is 0. The van der Waals surface area contributed by atoms with Gasteiger partial charge in [-0.1, -0.05) is 29.8 Å². The number of anilines is 1. The van der Waals surface area contributed by atoms with E-state index < -0.39 is 0 Å². The molecular weight excluding hydrogens is 506 g/mol. The molecule has 7 nitrogen and oxygen atoms in total. The van der Waals surface area contributed by atoms with Crippen molar-refractivity contribution in [1.82, 2.24) is 24.8 Å². The van der Waals surface area contributed by atoms with Gasteiger partial charge in [0.25, 0.3) is 0 Å². The molecule has 1 aromatic carbocycles. The van der Waals surface area contributed by atoms with Crippen molar-refractivity contribution in [3.63, 3.8) is 0 Å². The maximum absolute atomic E-state index is 5.04. The number of hydrogen-bond donors (Lipinski definition) is 2. The van der Waals surface area contributed by atoms with Crippen LogP contribution in [0.2, 0.25) is 0 Å². The fraction of sp³-hybridized carbons (Fsp3) is 0.441. The van der Waals surface area contributed by atoms with Crippen LogP contribution in [0, 0.1) is 6.92 Å². The van der Waals surface area contributed by atoms with E-state index in [-0.39, 0.29) is 0 Å². The van der Waals surface area contributed by atoms with E-state index in [9.17, 15) is 0 Å². The number of benzene rings is 1. The number of H-pyrrole nitrogens is 2. The second-order valence-electron chi connectivity index (χ2n) is 12.1. The Morgan fingerprint density at radius 3 is 1.98 bits per heavy atom. The van der Waals surface area contributed by atoms with E-state index in [4.69, 9.17) is 15.0 Å². The van der Waals surface area contributed by atoms with Gasteiger partial charge >= 0.3 is 0 Å². The van der Waals surface area contributed by atoms with Crippen molar-refractivity contribution in [3.05, 3.63) is 52.8 Å². The molecule has 0 aliphatic carbocycles. The van der Waals surface area contributed by atoms with Crippen molar-refractivity contribution in [2.24, 2.45) is 4.99 Å². The number of hydrogen-bond acceptors (Lipinski definition) is 5. The first-order valence-corrected chi connectivity index (χ1v) is 15.3. The summed E-state index contributed by atoms with van der Waals surface area (Å²) in [5, 5.41) is 2.37. The zero-order chi connectivity index (χ0) is 28.5. The second kappa shape index (κ2) is 11.6. The van der Waals surface area contributed by atoms with E-state index in [2.05, 4.69) is 83.9 Å². The predicted octanol–water partition coefficient (Wildman–Crippen LogP) is 6.14. The van der Waals surface area contributed by atoms with Crippen molar-refractivity contribution in [2.45, 2.75) is 73.1 Å². The third-order valence-electron chi connectivity index (χ3n) is 8.30. The Morgan fingerprint density at radius 2 is 1.37 bits per heavy atom. The Balaban J connectivity index is 1.38. The zero-order valence-corrected chi connectivity index (χ0v) is 25.3. The molecule has 3 aromatic heterocycles. The molecule has 0 amide bonds. The number of aliphatic imine (C=N–C) groups is 1. The van der Waals surface area contributed by atoms with Crippen LogP contribution >= 0.6 is 0 Å². The third-order valence-corrected chi connectivity index (χ3v) is 8.30. The summed E-state index contributed by atoms with van der Waals surface area (Å²) < 4.78 is 0. The normalized spacial score (nSPS) is 16.7. The average Bonchev–Trinajstić information content (AvgIpc) is 3.62. The Labute approximate surface area is 243 Å². The fourth-order valence-corrected chi connectivity index (χ4v) is 6.21. The van der Waals surface area contributed by atoms with Crippen LogP contribution in [0.1, 0.15) is 72.0 Å². The first-order chi connectivity index (χ1) is 19.9. The van der Waals surface area contributed by atoms with Crippen LogP contribution in [0.4, 0.5) is 5.82 Å². The van der Waals surface area contributed by atoms with Crippen LogP contribution in [0.25, 0.3) is 44.9 Å². The fourth-order valence-electron chi connectivity index (χ4n) is 6.21. The standard InChI is InChI=1S/C34H43N7/c1-22(2)27-20-28(38-31(27)33(35-23(3)4)40-16-8-6-9-17-40)25-12-14-26(15-13-25)29-21-30-32(39-29)34(37-24(5)36-30)41-18-10-7-11-19-41/h12-15,20-21,38-39H,6-11,16-19H2,1-5H3/b33-31-. The zero-order valence-electron chi connectivity index (χ0n) is 25.3. The van der Waals surface area contributed by atoms with Gasteiger partial charge in [0.05, 0.1) is 10.9 Å². The Bertz CT molecular complexity index is 1680. The summed E-state index contributed by atoms with van der Waals surface area (Å²) in [6.07, 6.45) is 7.49. The molecule has 2 aliphatic heterocycles. The molecule has 6 rings (SSSR count). The molecule has 0 bridgehead atoms. The number of fused-ring (bicyclic) bond motifs is 1. The second-order valence-corrected chi connectivity index (χ2v) is 12.1. The van der Waals surface area contributed by atoms with Crippen molar-refractivity contribution >= 4 is 34.0 Å². The van der Waals surface area contributed by atoms with Crippen LogP contribution in [0.5, 0.6) is 0 Å². The topological polar surface area (TPSA) is 76.2 Å². The Hall–Kier alpha value is -3.87. The molecule has 0 saturated carbocycles. The highest BCUT2D eigenvalue weighted by atomic mass is 15.2. The lowest BCUT2D eigenvalue weighted by molar-refractivity contribution is 0.319. The lowest BCUT2D eigenvalue weighted by atomic mass is 10.1. The smallest absolute Gasteiger partial charge is 0.156 e. The van der Waals surface area contributed by atoms with Gasteiger partial charge < -0.3 is 19.8 Å². The summed E-state index contributed by atoms with van der Waals surface area (Å²) in [5.41, 5.74) is 8.89. The number of likely N-dealkylation sites (tertiary alicyclic amines) is 1. The van der Waals surface area contributed by atoms with E-state index in [0.717, 1.165) is 82.7 Å². The molecule has 214 valence electrons. The van der Waals surface area contributed by atoms with Gasteiger partial charge in [-0.25, -0.2) is 15.0 Å². The molecule has 0 unspecified atom stereocenters. The Morgan fingerprint density at radius 1 is 0.756 bits per heavy atom. The van der Waals surface area contributed by atoms with Gasteiger partial charge in [0.2, 0.25) is 0 Å². The van der Waals surface area contributed by atoms with Gasteiger partial charge in [-0.15, -0.1) is 0 Å². The summed E-state index contributed by atoms with van der Waals surface area (Å²) in [6, 6.07) is 13.3. The first kappa shape index (κ1) is 27.3. The van der Waals surface area contributed by atoms with Crippen molar-refractivity contribution in [3.8, 4) is 22.5 Å². The highest BCUT2D eigenvalue weighted by molar-refractivity contribution is 5.91. The van der Waals surface area contributed by atoms with E-state index >= 15 is 0 Å². The van der Waals surface area contributed by atoms with E-state index in [1.807, 2.05) is 6.92 Å². The summed E-state index contributed by atoms with van der Waals surface area (Å²) >= 11 is 0. The summed E-state index contributed by atoms with van der Waals surface area (Å²) in [4.78, 5) is 26.9. The van der Waals surface area contributed by atoms with Crippen LogP contribution in [-0.4, -0.2) is 56.7 Å². The van der Waals surface area contributed by atoms with E-state index in [1.54, 1.807) is 0 Å². The molecule has 41 heavy (non-hydrogen) atoms. The van der Waals surface area contributed by atoms with Crippen LogP contribution in [0.3, 0.4) is 0 Å². The molecule has 0 atom stereocenters. The van der Waals surface area contributed by atoms with Crippen LogP contribution < -0.4 is 15.5 Å². The lowest BCUT2D eigenvalue weighted by Gasteiger charge is -2.28. The quantitative estimate of drug-likeness (QED) is 0.293. The summed E-state index contributed by atoms with van der Waals surface area (Å²) in [6.45, 7) is 14.8. The number of aryl methyl sites for hydroxylation is 1. The molecule has 5 heterocycles. The van der Waals surface area contributed by atoms with Crippen molar-refractivity contribution < 1.29 is 0 Å². The number of nitrogens with zero attached hydrogens (tertiary/aromatic N) is 5. The molecule has 2 fully saturated rings. The highest BCUT2D eigenvalue weighted by Gasteiger charge is 2.19.